The molecule has 0 atom stereocenters. The summed E-state index contributed by atoms with van der Waals surface area (Å²) in [5, 5.41) is 14.7. The number of pyridine rings is 1. The van der Waals surface area contributed by atoms with Gasteiger partial charge < -0.3 is 15.7 Å². The fourth-order valence-corrected chi connectivity index (χ4v) is 2.06. The number of nitrogens with one attached hydrogen (secondary N) is 2. The predicted molar refractivity (Wildman–Crippen MR) is 91.3 cm³/mol. The first-order valence-electron chi connectivity index (χ1n) is 7.61. The van der Waals surface area contributed by atoms with E-state index in [1.165, 1.54) is 36.5 Å². The number of amides is 2. The van der Waals surface area contributed by atoms with E-state index in [0.717, 1.165) is 5.56 Å². The van der Waals surface area contributed by atoms with Crippen LogP contribution in [0.5, 0.6) is 5.75 Å². The number of halogens is 1. The van der Waals surface area contributed by atoms with Crippen molar-refractivity contribution in [2.75, 3.05) is 13.1 Å². The Hall–Kier alpha value is -3.22. The third-order valence-electron chi connectivity index (χ3n) is 3.36. The van der Waals surface area contributed by atoms with Crippen LogP contribution in [0.4, 0.5) is 4.39 Å². The van der Waals surface area contributed by atoms with Crippen LogP contribution < -0.4 is 10.6 Å². The van der Waals surface area contributed by atoms with Crippen LogP contribution in [0.25, 0.3) is 5.57 Å². The maximum Gasteiger partial charge on any atom is 0.273 e. The molecule has 0 saturated carbocycles. The van der Waals surface area contributed by atoms with Gasteiger partial charge in [0, 0.05) is 25.4 Å². The van der Waals surface area contributed by atoms with Gasteiger partial charge in [-0.25, -0.2) is 9.37 Å². The van der Waals surface area contributed by atoms with Gasteiger partial charge in [-0.1, -0.05) is 12.1 Å². The summed E-state index contributed by atoms with van der Waals surface area (Å²) in [5.41, 5.74) is 1.37. The van der Waals surface area contributed by atoms with Gasteiger partial charge in [0.05, 0.1) is 0 Å². The standard InChI is InChI=1S/C18H18FN3O3/c1-12(13-4-6-14(19)7-5-13)11-16(24)20-9-10-22-18(25)17-15(23)3-2-8-21-17/h2-8,11,23H,9-10H2,1H3,(H,20,24)(H,22,25). The molecule has 2 rings (SSSR count). The average Bonchev–Trinajstić information content (AvgIpc) is 2.59. The van der Waals surface area contributed by atoms with Gasteiger partial charge in [-0.05, 0) is 42.3 Å². The van der Waals surface area contributed by atoms with Crippen molar-refractivity contribution in [2.45, 2.75) is 6.92 Å². The molecule has 0 fully saturated rings. The molecule has 7 heteroatoms. The quantitative estimate of drug-likeness (QED) is 0.552. The maximum atomic E-state index is 12.9. The van der Waals surface area contributed by atoms with Crippen LogP contribution in [-0.2, 0) is 4.79 Å². The van der Waals surface area contributed by atoms with Crippen molar-refractivity contribution in [3.05, 3.63) is 65.7 Å². The van der Waals surface area contributed by atoms with E-state index < -0.39 is 5.91 Å². The molecule has 1 heterocycles. The molecule has 25 heavy (non-hydrogen) atoms. The number of benzene rings is 1. The predicted octanol–water partition coefficient (Wildman–Crippen LogP) is 1.88. The number of rotatable bonds is 6. The molecule has 0 aliphatic heterocycles. The highest BCUT2D eigenvalue weighted by molar-refractivity contribution is 5.95. The van der Waals surface area contributed by atoms with Crippen LogP contribution in [0, 0.1) is 5.82 Å². The number of carbonyl (C=O) groups excluding carboxylic acids is 2. The number of nitrogens with zero attached hydrogens (tertiary/aromatic N) is 1. The number of aromatic hydroxyl groups is 1. The molecule has 2 aromatic rings. The second kappa shape index (κ2) is 8.58. The summed E-state index contributed by atoms with van der Waals surface area (Å²) in [5.74, 6) is -1.39. The molecule has 0 spiro atoms. The second-order valence-electron chi connectivity index (χ2n) is 5.25. The Bertz CT molecular complexity index is 788. The minimum atomic E-state index is -0.523. The Labute approximate surface area is 144 Å². The molecule has 3 N–H and O–H groups in total. The number of carbonyl (C=O) groups is 2. The van der Waals surface area contributed by atoms with Crippen LogP contribution in [0.2, 0.25) is 0 Å². The normalized spacial score (nSPS) is 11.0. The lowest BCUT2D eigenvalue weighted by atomic mass is 10.1. The largest absolute Gasteiger partial charge is 0.505 e. The van der Waals surface area contributed by atoms with E-state index in [1.54, 1.807) is 19.1 Å². The number of hydrogen-bond acceptors (Lipinski definition) is 4. The summed E-state index contributed by atoms with van der Waals surface area (Å²) in [6, 6.07) is 8.72. The molecule has 1 aromatic heterocycles. The van der Waals surface area contributed by atoms with Crippen LogP contribution in [0.3, 0.4) is 0 Å². The monoisotopic (exact) mass is 343 g/mol. The van der Waals surface area contributed by atoms with Crippen LogP contribution >= 0.6 is 0 Å². The summed E-state index contributed by atoms with van der Waals surface area (Å²) in [6.07, 6.45) is 2.80. The summed E-state index contributed by atoms with van der Waals surface area (Å²) in [6.45, 7) is 2.15. The first-order valence-corrected chi connectivity index (χ1v) is 7.61. The third-order valence-corrected chi connectivity index (χ3v) is 3.36. The Morgan fingerprint density at radius 1 is 1.16 bits per heavy atom. The van der Waals surface area contributed by atoms with Crippen LogP contribution in [0.15, 0.2) is 48.7 Å². The first-order chi connectivity index (χ1) is 12.0. The number of hydrogen-bond donors (Lipinski definition) is 3. The molecule has 0 radical (unpaired) electrons. The van der Waals surface area contributed by atoms with Crippen molar-refractivity contribution in [3.8, 4) is 5.75 Å². The lowest BCUT2D eigenvalue weighted by molar-refractivity contribution is -0.116. The SMILES string of the molecule is CC(=CC(=O)NCCNC(=O)c1ncccc1O)c1ccc(F)cc1. The highest BCUT2D eigenvalue weighted by Crippen LogP contribution is 2.14. The van der Waals surface area contributed by atoms with E-state index in [9.17, 15) is 19.1 Å². The van der Waals surface area contributed by atoms with E-state index in [-0.39, 0.29) is 36.3 Å². The average molecular weight is 343 g/mol. The van der Waals surface area contributed by atoms with E-state index in [1.807, 2.05) is 0 Å². The zero-order valence-corrected chi connectivity index (χ0v) is 13.6. The first kappa shape index (κ1) is 18.1. The summed E-state index contributed by atoms with van der Waals surface area (Å²) < 4.78 is 12.9. The summed E-state index contributed by atoms with van der Waals surface area (Å²) in [7, 11) is 0. The van der Waals surface area contributed by atoms with Crippen molar-refractivity contribution in [3.63, 3.8) is 0 Å². The summed E-state index contributed by atoms with van der Waals surface area (Å²) >= 11 is 0. The van der Waals surface area contributed by atoms with Crippen molar-refractivity contribution in [1.82, 2.24) is 15.6 Å². The van der Waals surface area contributed by atoms with Gasteiger partial charge in [0.25, 0.3) is 5.91 Å². The minimum Gasteiger partial charge on any atom is -0.505 e. The fraction of sp³-hybridized carbons (Fsp3) is 0.167. The molecular formula is C18H18FN3O3. The Morgan fingerprint density at radius 3 is 2.52 bits per heavy atom. The van der Waals surface area contributed by atoms with Crippen molar-refractivity contribution >= 4 is 17.4 Å². The molecule has 6 nitrogen and oxygen atoms in total. The zero-order valence-electron chi connectivity index (χ0n) is 13.6. The van der Waals surface area contributed by atoms with Gasteiger partial charge in [-0.2, -0.15) is 0 Å². The van der Waals surface area contributed by atoms with E-state index in [2.05, 4.69) is 15.6 Å². The number of allylic oxidation sites excluding steroid dienone is 1. The highest BCUT2D eigenvalue weighted by Gasteiger charge is 2.11. The van der Waals surface area contributed by atoms with Crippen molar-refractivity contribution < 1.29 is 19.1 Å². The lowest BCUT2D eigenvalue weighted by Crippen LogP contribution is -2.34. The zero-order chi connectivity index (χ0) is 18.2. The topological polar surface area (TPSA) is 91.3 Å². The van der Waals surface area contributed by atoms with E-state index in [0.29, 0.717) is 5.57 Å². The highest BCUT2D eigenvalue weighted by atomic mass is 19.1. The van der Waals surface area contributed by atoms with Gasteiger partial charge in [0.2, 0.25) is 5.91 Å². The maximum absolute atomic E-state index is 12.9. The molecule has 2 amide bonds. The van der Waals surface area contributed by atoms with Gasteiger partial charge >= 0.3 is 0 Å². The molecule has 130 valence electrons. The lowest BCUT2D eigenvalue weighted by Gasteiger charge is -2.07. The van der Waals surface area contributed by atoms with Gasteiger partial charge in [0.1, 0.15) is 11.6 Å². The molecule has 0 unspecified atom stereocenters. The summed E-state index contributed by atoms with van der Waals surface area (Å²) in [4.78, 5) is 27.4. The minimum absolute atomic E-state index is 0.0686. The molecule has 0 bridgehead atoms. The molecule has 0 aliphatic rings. The second-order valence-corrected chi connectivity index (χ2v) is 5.25. The van der Waals surface area contributed by atoms with Gasteiger partial charge in [-0.3, -0.25) is 9.59 Å². The van der Waals surface area contributed by atoms with Gasteiger partial charge in [0.15, 0.2) is 5.69 Å². The molecular weight excluding hydrogens is 325 g/mol. The van der Waals surface area contributed by atoms with Crippen LogP contribution in [0.1, 0.15) is 23.0 Å². The number of aromatic nitrogens is 1. The molecule has 0 aliphatic carbocycles. The van der Waals surface area contributed by atoms with Crippen LogP contribution in [-0.4, -0.2) is 35.0 Å². The van der Waals surface area contributed by atoms with Crippen molar-refractivity contribution in [1.29, 1.82) is 0 Å². The molecule has 0 saturated heterocycles. The fourth-order valence-electron chi connectivity index (χ4n) is 2.06. The smallest absolute Gasteiger partial charge is 0.273 e. The molecule has 1 aromatic carbocycles. The van der Waals surface area contributed by atoms with E-state index in [4.69, 9.17) is 0 Å². The van der Waals surface area contributed by atoms with E-state index >= 15 is 0 Å². The Balaban J connectivity index is 1.78. The van der Waals surface area contributed by atoms with Gasteiger partial charge in [-0.15, -0.1) is 0 Å². The van der Waals surface area contributed by atoms with Crippen molar-refractivity contribution in [2.24, 2.45) is 0 Å². The Kier molecular flexibility index (Phi) is 6.22. The Morgan fingerprint density at radius 2 is 1.84 bits per heavy atom. The third kappa shape index (κ3) is 5.42.